The topological polar surface area (TPSA) is 99.6 Å². The van der Waals surface area contributed by atoms with Crippen molar-refractivity contribution in [2.24, 2.45) is 5.73 Å². The van der Waals surface area contributed by atoms with Gasteiger partial charge < -0.3 is 5.73 Å². The molecule has 0 bridgehead atoms. The summed E-state index contributed by atoms with van der Waals surface area (Å²) in [7, 11) is 0. The van der Waals surface area contributed by atoms with Crippen LogP contribution in [0.3, 0.4) is 0 Å². The van der Waals surface area contributed by atoms with Gasteiger partial charge in [-0.25, -0.2) is 19.6 Å². The van der Waals surface area contributed by atoms with E-state index in [2.05, 4.69) is 20.1 Å². The Kier molecular flexibility index (Phi) is 6.50. The fraction of sp³-hybridized carbons (Fsp3) is 0.0870. The Morgan fingerprint density at radius 1 is 0.811 bits per heavy atom. The van der Waals surface area contributed by atoms with Crippen molar-refractivity contribution in [3.63, 3.8) is 0 Å². The van der Waals surface area contributed by atoms with Gasteiger partial charge in [0.1, 0.15) is 0 Å². The van der Waals surface area contributed by atoms with E-state index in [1.165, 1.54) is 0 Å². The molecule has 2 N–H and O–H groups in total. The smallest absolute Gasteiger partial charge is 0.366 e. The molecule has 7 nitrogen and oxygen atoms in total. The fourth-order valence-corrected chi connectivity index (χ4v) is 3.20. The number of hydrogen-bond acceptors (Lipinski definition) is 5. The predicted octanol–water partition coefficient (Wildman–Crippen LogP) is 5.06. The maximum atomic E-state index is 13.1. The van der Waals surface area contributed by atoms with Gasteiger partial charge in [0.2, 0.25) is 0 Å². The van der Waals surface area contributed by atoms with Crippen molar-refractivity contribution in [2.45, 2.75) is 12.4 Å². The van der Waals surface area contributed by atoms with Crippen LogP contribution in [0.2, 0.25) is 0 Å². The third-order valence-corrected chi connectivity index (χ3v) is 5.02. The first-order chi connectivity index (χ1) is 17.3. The summed E-state index contributed by atoms with van der Waals surface area (Å²) in [6, 6.07) is 7.69. The molecular weight excluding hydrogens is 509 g/mol. The Balaban J connectivity index is 1.86. The van der Waals surface area contributed by atoms with Gasteiger partial charge in [0, 0.05) is 35.3 Å². The number of nitrogens with zero attached hydrogens (tertiary/aromatic N) is 5. The van der Waals surface area contributed by atoms with Crippen molar-refractivity contribution >= 4 is 17.7 Å². The van der Waals surface area contributed by atoms with E-state index < -0.39 is 35.5 Å². The third-order valence-electron chi connectivity index (χ3n) is 5.02. The van der Waals surface area contributed by atoms with Crippen molar-refractivity contribution in [2.75, 3.05) is 0 Å². The second-order valence-electron chi connectivity index (χ2n) is 7.50. The number of rotatable bonds is 5. The van der Waals surface area contributed by atoms with E-state index in [0.29, 0.717) is 0 Å². The maximum absolute atomic E-state index is 13.1. The van der Waals surface area contributed by atoms with Crippen molar-refractivity contribution in [1.29, 1.82) is 0 Å². The molecular formula is C23H13F7N6O. The van der Waals surface area contributed by atoms with Crippen LogP contribution >= 0.6 is 0 Å². The van der Waals surface area contributed by atoms with Gasteiger partial charge in [0.15, 0.2) is 11.6 Å². The first-order valence-electron chi connectivity index (χ1n) is 10.1. The lowest BCUT2D eigenvalue weighted by Gasteiger charge is -2.08. The molecule has 0 saturated heterocycles. The monoisotopic (exact) mass is 522 g/mol. The van der Waals surface area contributed by atoms with Gasteiger partial charge in [-0.1, -0.05) is 24.3 Å². The standard InChI is InChI=1S/C23H13F7N6O/c24-21-32-9-14(10-33-21)17(18(31)37)11-36-20(13-3-7-16(8-4-13)23(28,29)30)34-19(35-36)12-1-5-15(6-2-12)22(25,26)27/h1-11H,(H2,31,37)/b17-11+. The lowest BCUT2D eigenvalue weighted by atomic mass is 10.1. The molecule has 0 radical (unpaired) electrons. The van der Waals surface area contributed by atoms with Crippen LogP contribution in [0.5, 0.6) is 0 Å². The molecule has 190 valence electrons. The average Bonchev–Trinajstić information content (AvgIpc) is 3.26. The average molecular weight is 522 g/mol. The normalized spacial score (nSPS) is 12.6. The summed E-state index contributed by atoms with van der Waals surface area (Å²) in [4.78, 5) is 23.1. The molecule has 0 unspecified atom stereocenters. The number of halogens is 7. The van der Waals surface area contributed by atoms with Crippen molar-refractivity contribution in [3.8, 4) is 22.8 Å². The Morgan fingerprint density at radius 3 is 1.76 bits per heavy atom. The second-order valence-corrected chi connectivity index (χ2v) is 7.50. The largest absolute Gasteiger partial charge is 0.416 e. The Hall–Kier alpha value is -4.62. The minimum absolute atomic E-state index is 0.00107. The molecule has 0 aliphatic carbocycles. The van der Waals surface area contributed by atoms with E-state index >= 15 is 0 Å². The molecule has 0 atom stereocenters. The summed E-state index contributed by atoms with van der Waals surface area (Å²) in [5, 5.41) is 4.19. The Bertz CT molecular complexity index is 1460. The van der Waals surface area contributed by atoms with Gasteiger partial charge in [0.05, 0.1) is 16.7 Å². The van der Waals surface area contributed by atoms with E-state index in [0.717, 1.165) is 71.8 Å². The molecule has 4 aromatic rings. The maximum Gasteiger partial charge on any atom is 0.416 e. The number of hydrogen-bond donors (Lipinski definition) is 1. The number of carbonyl (C=O) groups excluding carboxylic acids is 1. The summed E-state index contributed by atoms with van der Waals surface area (Å²) < 4.78 is 92.0. The van der Waals surface area contributed by atoms with Crippen LogP contribution in [0.15, 0.2) is 60.9 Å². The summed E-state index contributed by atoms with van der Waals surface area (Å²) in [6.07, 6.45) is -7.21. The van der Waals surface area contributed by atoms with Crippen LogP contribution in [0, 0.1) is 6.08 Å². The molecule has 0 fully saturated rings. The number of benzene rings is 2. The lowest BCUT2D eigenvalue weighted by Crippen LogP contribution is -2.14. The predicted molar refractivity (Wildman–Crippen MR) is 116 cm³/mol. The van der Waals surface area contributed by atoms with Crippen LogP contribution < -0.4 is 5.73 Å². The first kappa shape index (κ1) is 25.5. The highest BCUT2D eigenvalue weighted by molar-refractivity contribution is 6.22. The van der Waals surface area contributed by atoms with Crippen molar-refractivity contribution in [1.82, 2.24) is 24.7 Å². The van der Waals surface area contributed by atoms with Crippen LogP contribution in [0.25, 0.3) is 34.5 Å². The fourth-order valence-electron chi connectivity index (χ4n) is 3.20. The molecule has 1 amide bonds. The molecule has 0 aliphatic rings. The van der Waals surface area contributed by atoms with Crippen LogP contribution in [-0.4, -0.2) is 30.6 Å². The summed E-state index contributed by atoms with van der Waals surface area (Å²) in [5.41, 5.74) is 3.63. The molecule has 4 rings (SSSR count). The van der Waals surface area contributed by atoms with Gasteiger partial charge >= 0.3 is 18.4 Å². The molecule has 2 aromatic carbocycles. The highest BCUT2D eigenvalue weighted by Crippen LogP contribution is 2.33. The summed E-state index contributed by atoms with van der Waals surface area (Å²) in [6.45, 7) is 0. The molecule has 0 saturated carbocycles. The number of carbonyl (C=O) groups is 1. The SMILES string of the molecule is NC(=O)/C(=C/n1nc(-c2ccc(C(F)(F)F)cc2)nc1-c1ccc(C(F)(F)F)cc1)c1cnc(F)nc1. The van der Waals surface area contributed by atoms with E-state index in [4.69, 9.17) is 5.73 Å². The number of alkyl halides is 6. The molecule has 37 heavy (non-hydrogen) atoms. The second kappa shape index (κ2) is 9.44. The van der Waals surface area contributed by atoms with E-state index in [1.807, 2.05) is 0 Å². The van der Waals surface area contributed by atoms with Gasteiger partial charge in [0.25, 0.3) is 5.91 Å². The minimum atomic E-state index is -4.60. The number of nitrogens with two attached hydrogens (primary N) is 1. The number of amides is 1. The van der Waals surface area contributed by atoms with Crippen molar-refractivity contribution in [3.05, 3.63) is 83.7 Å². The van der Waals surface area contributed by atoms with Crippen molar-refractivity contribution < 1.29 is 35.5 Å². The summed E-state index contributed by atoms with van der Waals surface area (Å²) in [5.74, 6) is -1.16. The lowest BCUT2D eigenvalue weighted by molar-refractivity contribution is -0.138. The van der Waals surface area contributed by atoms with E-state index in [-0.39, 0.29) is 33.9 Å². The van der Waals surface area contributed by atoms with Gasteiger partial charge in [-0.3, -0.25) is 4.79 Å². The Morgan fingerprint density at radius 2 is 1.30 bits per heavy atom. The molecule has 14 heteroatoms. The zero-order chi connectivity index (χ0) is 27.0. The zero-order valence-electron chi connectivity index (χ0n) is 18.2. The number of primary amides is 1. The molecule has 2 aromatic heterocycles. The van der Waals surface area contributed by atoms with Gasteiger partial charge in [-0.05, 0) is 24.3 Å². The van der Waals surface area contributed by atoms with Crippen LogP contribution in [0.1, 0.15) is 16.7 Å². The minimum Gasteiger partial charge on any atom is -0.366 e. The summed E-state index contributed by atoms with van der Waals surface area (Å²) >= 11 is 0. The van der Waals surface area contributed by atoms with E-state index in [9.17, 15) is 35.5 Å². The highest BCUT2D eigenvalue weighted by atomic mass is 19.4. The van der Waals surface area contributed by atoms with Gasteiger partial charge in [-0.15, -0.1) is 5.10 Å². The molecule has 0 aliphatic heterocycles. The van der Waals surface area contributed by atoms with Crippen LogP contribution in [0.4, 0.5) is 30.7 Å². The van der Waals surface area contributed by atoms with Crippen LogP contribution in [-0.2, 0) is 17.1 Å². The first-order valence-corrected chi connectivity index (χ1v) is 10.1. The Labute approximate surface area is 203 Å². The highest BCUT2D eigenvalue weighted by Gasteiger charge is 2.31. The third kappa shape index (κ3) is 5.63. The molecule has 2 heterocycles. The van der Waals surface area contributed by atoms with E-state index in [1.54, 1.807) is 0 Å². The number of aromatic nitrogens is 5. The molecule has 0 spiro atoms. The quantitative estimate of drug-likeness (QED) is 0.224. The van der Waals surface area contributed by atoms with Gasteiger partial charge in [-0.2, -0.15) is 30.7 Å². The zero-order valence-corrected chi connectivity index (χ0v) is 18.2.